The summed E-state index contributed by atoms with van der Waals surface area (Å²) in [5.74, 6) is -0.415. The van der Waals surface area contributed by atoms with E-state index in [2.05, 4.69) is 34.0 Å². The zero-order valence-corrected chi connectivity index (χ0v) is 21.4. The lowest BCUT2D eigenvalue weighted by atomic mass is 9.83. The fourth-order valence-corrected chi connectivity index (χ4v) is 6.87. The Morgan fingerprint density at radius 3 is 2.56 bits per heavy atom. The molecule has 9 heteroatoms. The number of hydrogen-bond donors (Lipinski definition) is 2. The lowest BCUT2D eigenvalue weighted by Gasteiger charge is -2.22. The quantitative estimate of drug-likeness (QED) is 0.286. The van der Waals surface area contributed by atoms with Crippen LogP contribution in [0.1, 0.15) is 53.9 Å². The number of benzene rings is 3. The van der Waals surface area contributed by atoms with Crippen molar-refractivity contribution in [2.45, 2.75) is 43.0 Å². The molecule has 4 aromatic rings. The molecule has 0 bridgehead atoms. The van der Waals surface area contributed by atoms with Gasteiger partial charge in [0.15, 0.2) is 5.03 Å². The first-order valence-corrected chi connectivity index (χ1v) is 14.1. The average molecular weight is 523 g/mol. The van der Waals surface area contributed by atoms with E-state index in [1.165, 1.54) is 79.7 Å². The molecule has 0 saturated heterocycles. The number of nitrogens with one attached hydrogen (secondary N) is 1. The number of rotatable bonds is 7. The van der Waals surface area contributed by atoms with Crippen LogP contribution in [-0.2, 0) is 10.0 Å². The molecule has 1 heterocycles. The number of aromatic carboxylic acids is 1. The van der Waals surface area contributed by atoms with E-state index < -0.39 is 16.0 Å². The largest absolute Gasteiger partial charge is 0.495 e. The molecule has 1 fully saturated rings. The summed E-state index contributed by atoms with van der Waals surface area (Å²) >= 11 is 1.26. The van der Waals surface area contributed by atoms with Gasteiger partial charge in [-0.25, -0.2) is 9.78 Å². The molecule has 1 aliphatic carbocycles. The van der Waals surface area contributed by atoms with Gasteiger partial charge in [0.1, 0.15) is 10.8 Å². The number of nitrogens with zero attached hydrogens (tertiary/aromatic N) is 1. The number of carbonyl (C=O) groups is 1. The summed E-state index contributed by atoms with van der Waals surface area (Å²) in [4.78, 5) is 15.6. The number of hydrogen-bond acceptors (Lipinski definition) is 6. The zero-order chi connectivity index (χ0) is 25.3. The number of ether oxygens (including phenoxy) is 1. The van der Waals surface area contributed by atoms with Crippen LogP contribution in [0.25, 0.3) is 21.3 Å². The summed E-state index contributed by atoms with van der Waals surface area (Å²) in [5.41, 5.74) is 2.36. The first-order valence-electron chi connectivity index (χ1n) is 11.8. The van der Waals surface area contributed by atoms with E-state index in [4.69, 9.17) is 9.84 Å². The second-order valence-electron chi connectivity index (χ2n) is 8.97. The van der Waals surface area contributed by atoms with Gasteiger partial charge in [-0.3, -0.25) is 4.72 Å². The second-order valence-corrected chi connectivity index (χ2v) is 11.5. The molecule has 186 valence electrons. The van der Waals surface area contributed by atoms with Gasteiger partial charge in [-0.15, -0.1) is 11.3 Å². The molecule has 7 nitrogen and oxygen atoms in total. The third kappa shape index (κ3) is 4.94. The lowest BCUT2D eigenvalue weighted by molar-refractivity contribution is 0.0696. The Morgan fingerprint density at radius 2 is 1.81 bits per heavy atom. The van der Waals surface area contributed by atoms with Gasteiger partial charge in [-0.1, -0.05) is 49.6 Å². The number of methoxy groups -OCH3 is 1. The Balaban J connectivity index is 1.41. The second kappa shape index (κ2) is 9.91. The Bertz CT molecular complexity index is 1540. The number of carboxylic acids is 1. The molecule has 0 amide bonds. The molecular formula is C27H26N2O5S2. The summed E-state index contributed by atoms with van der Waals surface area (Å²) in [6, 6.07) is 16.7. The number of anilines is 1. The fourth-order valence-electron chi connectivity index (χ4n) is 4.71. The highest BCUT2D eigenvalue weighted by Gasteiger charge is 2.22. The maximum atomic E-state index is 13.0. The van der Waals surface area contributed by atoms with E-state index in [1.807, 2.05) is 12.1 Å². The van der Waals surface area contributed by atoms with Crippen LogP contribution < -0.4 is 9.46 Å². The Kier molecular flexibility index (Phi) is 6.68. The summed E-state index contributed by atoms with van der Waals surface area (Å²) in [6.07, 6.45) is 6.34. The number of carboxylic acid groups (broad SMARTS) is 1. The van der Waals surface area contributed by atoms with Crippen LogP contribution in [0.2, 0.25) is 0 Å². The Hall–Kier alpha value is -3.43. The summed E-state index contributed by atoms with van der Waals surface area (Å²) < 4.78 is 33.7. The van der Waals surface area contributed by atoms with E-state index in [9.17, 15) is 13.2 Å². The number of aromatic nitrogens is 1. The van der Waals surface area contributed by atoms with E-state index in [-0.39, 0.29) is 22.0 Å². The highest BCUT2D eigenvalue weighted by molar-refractivity contribution is 7.92. The van der Waals surface area contributed by atoms with Crippen molar-refractivity contribution < 1.29 is 23.1 Å². The predicted molar refractivity (Wildman–Crippen MR) is 142 cm³/mol. The normalized spacial score (nSPS) is 14.6. The van der Waals surface area contributed by atoms with E-state index in [0.717, 1.165) is 16.3 Å². The molecule has 5 rings (SSSR count). The highest BCUT2D eigenvalue weighted by atomic mass is 32.2. The van der Waals surface area contributed by atoms with Crippen molar-refractivity contribution in [3.8, 4) is 16.3 Å². The van der Waals surface area contributed by atoms with Crippen molar-refractivity contribution in [1.29, 1.82) is 0 Å². The number of sulfonamides is 1. The molecule has 36 heavy (non-hydrogen) atoms. The minimum atomic E-state index is -4.01. The van der Waals surface area contributed by atoms with Gasteiger partial charge < -0.3 is 9.84 Å². The van der Waals surface area contributed by atoms with Crippen LogP contribution in [0, 0.1) is 0 Å². The van der Waals surface area contributed by atoms with Gasteiger partial charge >= 0.3 is 5.97 Å². The minimum absolute atomic E-state index is 0.00584. The first kappa shape index (κ1) is 24.3. The molecule has 2 N–H and O–H groups in total. The van der Waals surface area contributed by atoms with Crippen molar-refractivity contribution in [3.05, 3.63) is 71.1 Å². The van der Waals surface area contributed by atoms with E-state index >= 15 is 0 Å². The standard InChI is InChI=1S/C27H26N2O5S2/c1-34-24-15-21(27(30)31)11-12-23(24)29-36(32,33)25-16-35-26(28-25)20-10-8-18-7-9-19(13-22(18)14-20)17-5-3-2-4-6-17/h7-17,29H,2-6H2,1H3,(H,30,31). The van der Waals surface area contributed by atoms with Crippen molar-refractivity contribution in [2.75, 3.05) is 11.8 Å². The van der Waals surface area contributed by atoms with Crippen molar-refractivity contribution in [2.24, 2.45) is 0 Å². The maximum absolute atomic E-state index is 13.0. The van der Waals surface area contributed by atoms with Gasteiger partial charge in [0, 0.05) is 10.9 Å². The third-order valence-corrected chi connectivity index (χ3v) is 8.93. The smallest absolute Gasteiger partial charge is 0.335 e. The van der Waals surface area contributed by atoms with Gasteiger partial charge in [0.2, 0.25) is 0 Å². The maximum Gasteiger partial charge on any atom is 0.335 e. The molecule has 1 aromatic heterocycles. The third-order valence-electron chi connectivity index (χ3n) is 6.64. The predicted octanol–water partition coefficient (Wildman–Crippen LogP) is 6.52. The minimum Gasteiger partial charge on any atom is -0.495 e. The fraction of sp³-hybridized carbons (Fsp3) is 0.259. The van der Waals surface area contributed by atoms with Crippen LogP contribution in [0.3, 0.4) is 0 Å². The number of fused-ring (bicyclic) bond motifs is 1. The molecule has 1 saturated carbocycles. The first-order chi connectivity index (χ1) is 17.3. The van der Waals surface area contributed by atoms with Crippen molar-refractivity contribution in [3.63, 3.8) is 0 Å². The van der Waals surface area contributed by atoms with Gasteiger partial charge in [0.25, 0.3) is 10.0 Å². The van der Waals surface area contributed by atoms with E-state index in [1.54, 1.807) is 0 Å². The lowest BCUT2D eigenvalue weighted by Crippen LogP contribution is -2.14. The van der Waals surface area contributed by atoms with Crippen LogP contribution in [0.15, 0.2) is 65.0 Å². The van der Waals surface area contributed by atoms with Crippen LogP contribution in [-0.4, -0.2) is 31.6 Å². The summed E-state index contributed by atoms with van der Waals surface area (Å²) in [5, 5.41) is 13.4. The van der Waals surface area contributed by atoms with Gasteiger partial charge in [-0.2, -0.15) is 8.42 Å². The van der Waals surface area contributed by atoms with Gasteiger partial charge in [-0.05, 0) is 59.4 Å². The molecular weight excluding hydrogens is 496 g/mol. The summed E-state index contributed by atoms with van der Waals surface area (Å²) in [7, 11) is -2.66. The van der Waals surface area contributed by atoms with E-state index in [0.29, 0.717) is 10.9 Å². The Labute approximate surface area is 213 Å². The summed E-state index contributed by atoms with van der Waals surface area (Å²) in [6.45, 7) is 0. The van der Waals surface area contributed by atoms with Crippen LogP contribution in [0.5, 0.6) is 5.75 Å². The number of thiazole rings is 1. The van der Waals surface area contributed by atoms with Crippen LogP contribution >= 0.6 is 11.3 Å². The molecule has 3 aromatic carbocycles. The molecule has 0 aliphatic heterocycles. The monoisotopic (exact) mass is 522 g/mol. The molecule has 0 spiro atoms. The van der Waals surface area contributed by atoms with Crippen molar-refractivity contribution >= 4 is 43.8 Å². The Morgan fingerprint density at radius 1 is 1.03 bits per heavy atom. The average Bonchev–Trinajstić information content (AvgIpc) is 3.40. The molecule has 0 atom stereocenters. The molecule has 0 radical (unpaired) electrons. The highest BCUT2D eigenvalue weighted by Crippen LogP contribution is 2.36. The molecule has 0 unspecified atom stereocenters. The topological polar surface area (TPSA) is 106 Å². The zero-order valence-electron chi connectivity index (χ0n) is 19.7. The molecule has 1 aliphatic rings. The van der Waals surface area contributed by atoms with Crippen molar-refractivity contribution in [1.82, 2.24) is 4.98 Å². The van der Waals surface area contributed by atoms with Crippen LogP contribution in [0.4, 0.5) is 5.69 Å². The van der Waals surface area contributed by atoms with Gasteiger partial charge in [0.05, 0.1) is 18.4 Å². The SMILES string of the molecule is COc1cc(C(=O)O)ccc1NS(=O)(=O)c1csc(-c2ccc3ccc(C4CCCCC4)cc3c2)n1.